The first kappa shape index (κ1) is 11.0. The second-order valence-electron chi connectivity index (χ2n) is 3.62. The molecule has 1 aliphatic rings. The topological polar surface area (TPSA) is 28.2 Å². The molecule has 1 saturated heterocycles. The molecule has 0 saturated carbocycles. The number of rotatable bonds is 2. The van der Waals surface area contributed by atoms with Crippen LogP contribution in [0.1, 0.15) is 24.4 Å². The second-order valence-corrected chi connectivity index (χ2v) is 4.37. The van der Waals surface area contributed by atoms with E-state index in [0.717, 1.165) is 24.9 Å². The van der Waals surface area contributed by atoms with Crippen molar-refractivity contribution in [2.45, 2.75) is 18.9 Å². The molecule has 15 heavy (non-hydrogen) atoms. The third-order valence-electron chi connectivity index (χ3n) is 2.74. The van der Waals surface area contributed by atoms with Gasteiger partial charge in [0.05, 0.1) is 6.04 Å². The Hall–Kier alpha value is -0.520. The summed E-state index contributed by atoms with van der Waals surface area (Å²) < 4.78 is 13.6. The maximum atomic E-state index is 13.3. The molecule has 1 fully saturated rings. The molecule has 3 nitrogen and oxygen atoms in total. The minimum absolute atomic E-state index is 0.241. The van der Waals surface area contributed by atoms with Gasteiger partial charge in [0, 0.05) is 12.7 Å². The van der Waals surface area contributed by atoms with Gasteiger partial charge in [-0.1, -0.05) is 0 Å². The molecule has 5 heteroatoms. The van der Waals surface area contributed by atoms with Crippen molar-refractivity contribution < 1.29 is 4.39 Å². The molecule has 1 aromatic rings. The van der Waals surface area contributed by atoms with Gasteiger partial charge >= 0.3 is 0 Å². The zero-order valence-electron chi connectivity index (χ0n) is 8.50. The molecule has 1 atom stereocenters. The Morgan fingerprint density at radius 3 is 3.13 bits per heavy atom. The van der Waals surface area contributed by atoms with Crippen molar-refractivity contribution in [1.82, 2.24) is 15.4 Å². The Balaban J connectivity index is 2.25. The lowest BCUT2D eigenvalue weighted by Crippen LogP contribution is -2.34. The average Bonchev–Trinajstić information content (AvgIpc) is 2.70. The summed E-state index contributed by atoms with van der Waals surface area (Å²) in [6.07, 6.45) is 3.90. The molecule has 0 aliphatic carbocycles. The molecule has 2 heterocycles. The van der Waals surface area contributed by atoms with Crippen molar-refractivity contribution in [1.29, 1.82) is 0 Å². The lowest BCUT2D eigenvalue weighted by molar-refractivity contribution is 0.190. The highest BCUT2D eigenvalue weighted by Gasteiger charge is 2.25. The first-order valence-electron chi connectivity index (χ1n) is 4.97. The molecule has 82 valence electrons. The fourth-order valence-electron chi connectivity index (χ4n) is 2.00. The minimum Gasteiger partial charge on any atom is -0.258 e. The molecule has 1 unspecified atom stereocenters. The summed E-state index contributed by atoms with van der Waals surface area (Å²) in [6, 6.07) is 1.79. The summed E-state index contributed by atoms with van der Waals surface area (Å²) in [5.74, 6) is -0.296. The summed E-state index contributed by atoms with van der Waals surface area (Å²) in [5, 5.41) is 2.12. The average molecular weight is 274 g/mol. The molecule has 1 N–H and O–H groups in total. The van der Waals surface area contributed by atoms with Gasteiger partial charge in [-0.05, 0) is 47.4 Å². The number of nitrogens with zero attached hydrogens (tertiary/aromatic N) is 2. The van der Waals surface area contributed by atoms with E-state index >= 15 is 0 Å². The molecular formula is C10H13BrFN3. The number of aromatic nitrogens is 1. The van der Waals surface area contributed by atoms with E-state index in [1.165, 1.54) is 0 Å². The van der Waals surface area contributed by atoms with Gasteiger partial charge in [0.2, 0.25) is 0 Å². The van der Waals surface area contributed by atoms with Crippen LogP contribution in [0.5, 0.6) is 0 Å². The van der Waals surface area contributed by atoms with Crippen molar-refractivity contribution in [2.24, 2.45) is 0 Å². The summed E-state index contributed by atoms with van der Waals surface area (Å²) in [6.45, 7) is 0.999. The van der Waals surface area contributed by atoms with E-state index in [9.17, 15) is 4.39 Å². The summed E-state index contributed by atoms with van der Waals surface area (Å²) in [7, 11) is 1.89. The minimum atomic E-state index is -0.296. The van der Waals surface area contributed by atoms with Crippen LogP contribution in [0.15, 0.2) is 16.9 Å². The van der Waals surface area contributed by atoms with Crippen molar-refractivity contribution in [3.8, 4) is 0 Å². The van der Waals surface area contributed by atoms with Crippen LogP contribution in [-0.4, -0.2) is 23.6 Å². The maximum Gasteiger partial charge on any atom is 0.156 e. The Bertz CT molecular complexity index is 359. The van der Waals surface area contributed by atoms with Crippen molar-refractivity contribution in [3.63, 3.8) is 0 Å². The summed E-state index contributed by atoms with van der Waals surface area (Å²) in [5.41, 5.74) is 4.05. The van der Waals surface area contributed by atoms with E-state index in [-0.39, 0.29) is 16.5 Å². The van der Waals surface area contributed by atoms with Crippen molar-refractivity contribution in [2.75, 3.05) is 13.6 Å². The number of halogens is 2. The zero-order valence-corrected chi connectivity index (χ0v) is 10.1. The van der Waals surface area contributed by atoms with E-state index in [2.05, 4.69) is 31.3 Å². The second kappa shape index (κ2) is 4.55. The van der Waals surface area contributed by atoms with E-state index in [1.807, 2.05) is 7.05 Å². The van der Waals surface area contributed by atoms with Crippen LogP contribution in [0.2, 0.25) is 0 Å². The van der Waals surface area contributed by atoms with Crippen LogP contribution < -0.4 is 5.43 Å². The highest BCUT2D eigenvalue weighted by Crippen LogP contribution is 2.30. The molecule has 0 spiro atoms. The molecular weight excluding hydrogens is 261 g/mol. The van der Waals surface area contributed by atoms with Gasteiger partial charge in [-0.15, -0.1) is 0 Å². The summed E-state index contributed by atoms with van der Waals surface area (Å²) in [4.78, 5) is 3.98. The van der Waals surface area contributed by atoms with Gasteiger partial charge in [0.25, 0.3) is 0 Å². The Morgan fingerprint density at radius 2 is 2.47 bits per heavy atom. The van der Waals surface area contributed by atoms with Crippen LogP contribution in [0, 0.1) is 5.82 Å². The number of hydrazine groups is 1. The largest absolute Gasteiger partial charge is 0.258 e. The molecule has 0 bridgehead atoms. The van der Waals surface area contributed by atoms with E-state index in [1.54, 1.807) is 12.3 Å². The van der Waals surface area contributed by atoms with Gasteiger partial charge in [-0.25, -0.2) is 14.4 Å². The van der Waals surface area contributed by atoms with E-state index in [0.29, 0.717) is 0 Å². The zero-order chi connectivity index (χ0) is 10.8. The maximum absolute atomic E-state index is 13.3. The molecule has 0 radical (unpaired) electrons. The Labute approximate surface area is 96.8 Å². The van der Waals surface area contributed by atoms with Crippen LogP contribution in [0.3, 0.4) is 0 Å². The van der Waals surface area contributed by atoms with Gasteiger partial charge in [0.15, 0.2) is 5.82 Å². The highest BCUT2D eigenvalue weighted by molar-refractivity contribution is 9.10. The molecule has 0 aromatic carbocycles. The smallest absolute Gasteiger partial charge is 0.156 e. The molecule has 1 aliphatic heterocycles. The SMILES string of the molecule is CNN1CCCC1c1cnc(Br)c(F)c1. The lowest BCUT2D eigenvalue weighted by Gasteiger charge is -2.23. The Kier molecular flexibility index (Phi) is 3.33. The number of hydrogen-bond acceptors (Lipinski definition) is 3. The van der Waals surface area contributed by atoms with Gasteiger partial charge in [-0.2, -0.15) is 0 Å². The van der Waals surface area contributed by atoms with E-state index < -0.39 is 0 Å². The van der Waals surface area contributed by atoms with Crippen LogP contribution >= 0.6 is 15.9 Å². The first-order chi connectivity index (χ1) is 7.22. The third-order valence-corrected chi connectivity index (χ3v) is 3.33. The normalized spacial score (nSPS) is 22.2. The first-order valence-corrected chi connectivity index (χ1v) is 5.76. The van der Waals surface area contributed by atoms with Crippen molar-refractivity contribution >= 4 is 15.9 Å². The highest BCUT2D eigenvalue weighted by atomic mass is 79.9. The fraction of sp³-hybridized carbons (Fsp3) is 0.500. The predicted molar refractivity (Wildman–Crippen MR) is 59.6 cm³/mol. The number of nitrogens with one attached hydrogen (secondary N) is 1. The lowest BCUT2D eigenvalue weighted by atomic mass is 10.1. The standard InChI is InChI=1S/C10H13BrFN3/c1-13-15-4-2-3-9(15)7-5-8(12)10(11)14-6-7/h5-6,9,13H,2-4H2,1H3. The monoisotopic (exact) mass is 273 g/mol. The fourth-order valence-corrected chi connectivity index (χ4v) is 2.22. The Morgan fingerprint density at radius 1 is 1.67 bits per heavy atom. The van der Waals surface area contributed by atoms with Crippen LogP contribution in [-0.2, 0) is 0 Å². The van der Waals surface area contributed by atoms with Crippen LogP contribution in [0.25, 0.3) is 0 Å². The van der Waals surface area contributed by atoms with Crippen molar-refractivity contribution in [3.05, 3.63) is 28.2 Å². The number of pyridine rings is 1. The van der Waals surface area contributed by atoms with E-state index in [4.69, 9.17) is 0 Å². The van der Waals surface area contributed by atoms with Crippen LogP contribution in [0.4, 0.5) is 4.39 Å². The molecule has 2 rings (SSSR count). The van der Waals surface area contributed by atoms with Gasteiger partial charge in [-0.3, -0.25) is 5.43 Å². The quantitative estimate of drug-likeness (QED) is 0.838. The third kappa shape index (κ3) is 2.19. The predicted octanol–water partition coefficient (Wildman–Crippen LogP) is 2.25. The molecule has 1 aromatic heterocycles. The van der Waals surface area contributed by atoms with Gasteiger partial charge < -0.3 is 0 Å². The summed E-state index contributed by atoms with van der Waals surface area (Å²) >= 11 is 3.05. The van der Waals surface area contributed by atoms with Gasteiger partial charge in [0.1, 0.15) is 4.60 Å². The number of hydrogen-bond donors (Lipinski definition) is 1. The molecule has 0 amide bonds.